The zero-order chi connectivity index (χ0) is 18.5. The van der Waals surface area contributed by atoms with Crippen molar-refractivity contribution in [3.63, 3.8) is 0 Å². The summed E-state index contributed by atoms with van der Waals surface area (Å²) in [5, 5.41) is 2.17. The molecule has 1 aromatic rings. The average molecular weight is 347 g/mol. The molecular formula is C21H33NO3. The molecule has 0 radical (unpaired) electrons. The maximum Gasteiger partial charge on any atom is 0.172 e. The highest BCUT2D eigenvalue weighted by molar-refractivity contribution is 5.17. The Labute approximate surface area is 152 Å². The van der Waals surface area contributed by atoms with Crippen molar-refractivity contribution in [2.75, 3.05) is 6.61 Å². The third-order valence-corrected chi connectivity index (χ3v) is 5.18. The van der Waals surface area contributed by atoms with E-state index in [0.29, 0.717) is 6.61 Å². The van der Waals surface area contributed by atoms with Gasteiger partial charge in [-0.2, -0.15) is 5.06 Å². The minimum absolute atomic E-state index is 0.00402. The highest BCUT2D eigenvalue weighted by Crippen LogP contribution is 2.50. The van der Waals surface area contributed by atoms with Gasteiger partial charge in [0.25, 0.3) is 0 Å². The Morgan fingerprint density at radius 2 is 1.52 bits per heavy atom. The van der Waals surface area contributed by atoms with Crippen LogP contribution in [0.4, 0.5) is 0 Å². The van der Waals surface area contributed by atoms with Crippen LogP contribution in [0.5, 0.6) is 0 Å². The van der Waals surface area contributed by atoms with Crippen LogP contribution in [0.3, 0.4) is 0 Å². The molecule has 0 N–H and O–H groups in total. The summed E-state index contributed by atoms with van der Waals surface area (Å²) in [5.74, 6) is -0.521. The average Bonchev–Trinajstić information content (AvgIpc) is 2.77. The Morgan fingerprint density at radius 1 is 0.960 bits per heavy atom. The minimum atomic E-state index is -0.521. The van der Waals surface area contributed by atoms with E-state index in [9.17, 15) is 0 Å². The van der Waals surface area contributed by atoms with Crippen LogP contribution < -0.4 is 0 Å². The summed E-state index contributed by atoms with van der Waals surface area (Å²) in [5.41, 5.74) is 0.548. The molecule has 1 unspecified atom stereocenters. The molecule has 4 heteroatoms. The molecule has 1 aromatic carbocycles. The second-order valence-corrected chi connectivity index (χ2v) is 9.49. The number of hydrogen-bond acceptors (Lipinski definition) is 4. The first-order chi connectivity index (χ1) is 11.4. The van der Waals surface area contributed by atoms with Crippen LogP contribution in [0.25, 0.3) is 0 Å². The van der Waals surface area contributed by atoms with E-state index in [-0.39, 0.29) is 22.8 Å². The quantitative estimate of drug-likeness (QED) is 0.782. The molecule has 2 heterocycles. The molecule has 1 spiro atoms. The highest BCUT2D eigenvalue weighted by atomic mass is 16.8. The largest absolute Gasteiger partial charge is 0.347 e. The summed E-state index contributed by atoms with van der Waals surface area (Å²) in [6.45, 7) is 15.8. The smallest absolute Gasteiger partial charge is 0.172 e. The second-order valence-electron chi connectivity index (χ2n) is 9.49. The van der Waals surface area contributed by atoms with Gasteiger partial charge >= 0.3 is 0 Å². The van der Waals surface area contributed by atoms with E-state index in [4.69, 9.17) is 14.3 Å². The van der Waals surface area contributed by atoms with Crippen LogP contribution in [0.15, 0.2) is 30.3 Å². The number of nitrogens with zero attached hydrogens (tertiary/aromatic N) is 1. The lowest BCUT2D eigenvalue weighted by atomic mass is 9.78. The fraction of sp³-hybridized carbons (Fsp3) is 0.714. The Bertz CT molecular complexity index is 591. The first-order valence-corrected chi connectivity index (χ1v) is 9.31. The predicted octanol–water partition coefficient (Wildman–Crippen LogP) is 4.85. The van der Waals surface area contributed by atoms with E-state index < -0.39 is 5.79 Å². The lowest BCUT2D eigenvalue weighted by molar-refractivity contribution is -0.353. The molecule has 2 aliphatic rings. The first-order valence-electron chi connectivity index (χ1n) is 9.31. The lowest BCUT2D eigenvalue weighted by Crippen LogP contribution is -2.65. The predicted molar refractivity (Wildman–Crippen MR) is 99.0 cm³/mol. The number of ether oxygens (including phenoxy) is 2. The standard InChI is InChI=1S/C21H33NO3/c1-16(17-11-9-8-10-12-17)24-22-18(2,3)13-21(14-19(22,4)5)23-15-20(6,7)25-21/h8-12,16H,13-15H2,1-7H3. The Kier molecular flexibility index (Phi) is 4.56. The monoisotopic (exact) mass is 347 g/mol. The van der Waals surface area contributed by atoms with E-state index in [1.54, 1.807) is 0 Å². The van der Waals surface area contributed by atoms with Crippen LogP contribution in [-0.2, 0) is 14.3 Å². The van der Waals surface area contributed by atoms with Gasteiger partial charge in [-0.3, -0.25) is 4.84 Å². The molecule has 140 valence electrons. The van der Waals surface area contributed by atoms with Crippen LogP contribution in [0, 0.1) is 0 Å². The second kappa shape index (κ2) is 6.05. The molecule has 0 aromatic heterocycles. The van der Waals surface area contributed by atoms with Gasteiger partial charge in [0.15, 0.2) is 5.79 Å². The summed E-state index contributed by atoms with van der Waals surface area (Å²) in [4.78, 5) is 6.48. The fourth-order valence-corrected chi connectivity index (χ4v) is 4.61. The number of rotatable bonds is 3. The number of piperidine rings is 1. The number of hydrogen-bond donors (Lipinski definition) is 0. The fourth-order valence-electron chi connectivity index (χ4n) is 4.61. The normalized spacial score (nSPS) is 28.1. The molecule has 0 amide bonds. The van der Waals surface area contributed by atoms with Gasteiger partial charge in [-0.15, -0.1) is 0 Å². The van der Waals surface area contributed by atoms with Crippen LogP contribution >= 0.6 is 0 Å². The summed E-state index contributed by atoms with van der Waals surface area (Å²) >= 11 is 0. The zero-order valence-electron chi connectivity index (χ0n) is 16.8. The van der Waals surface area contributed by atoms with Gasteiger partial charge in [0.1, 0.15) is 6.10 Å². The minimum Gasteiger partial charge on any atom is -0.347 e. The van der Waals surface area contributed by atoms with Gasteiger partial charge in [0.2, 0.25) is 0 Å². The first kappa shape index (κ1) is 18.8. The van der Waals surface area contributed by atoms with Crippen LogP contribution in [0.2, 0.25) is 0 Å². The molecule has 0 saturated carbocycles. The number of hydroxylamine groups is 2. The molecule has 0 aliphatic carbocycles. The molecule has 2 aliphatic heterocycles. The van der Waals surface area contributed by atoms with Crippen molar-refractivity contribution in [1.29, 1.82) is 0 Å². The molecule has 4 nitrogen and oxygen atoms in total. The topological polar surface area (TPSA) is 30.9 Å². The highest BCUT2D eigenvalue weighted by Gasteiger charge is 2.59. The van der Waals surface area contributed by atoms with E-state index in [1.807, 2.05) is 6.07 Å². The van der Waals surface area contributed by atoms with E-state index in [2.05, 4.69) is 77.8 Å². The van der Waals surface area contributed by atoms with Crippen molar-refractivity contribution in [2.45, 2.75) is 89.9 Å². The van der Waals surface area contributed by atoms with Gasteiger partial charge in [0.05, 0.1) is 12.2 Å². The Morgan fingerprint density at radius 3 is 2.00 bits per heavy atom. The van der Waals surface area contributed by atoms with Gasteiger partial charge in [-0.05, 0) is 54.0 Å². The third kappa shape index (κ3) is 3.77. The van der Waals surface area contributed by atoms with Gasteiger partial charge < -0.3 is 9.47 Å². The molecule has 0 bridgehead atoms. The van der Waals surface area contributed by atoms with Gasteiger partial charge in [-0.25, -0.2) is 0 Å². The Balaban J connectivity index is 1.82. The summed E-state index contributed by atoms with van der Waals surface area (Å²) in [7, 11) is 0. The van der Waals surface area contributed by atoms with Crippen molar-refractivity contribution in [3.8, 4) is 0 Å². The maximum atomic E-state index is 6.48. The van der Waals surface area contributed by atoms with Gasteiger partial charge in [-0.1, -0.05) is 30.3 Å². The molecule has 2 fully saturated rings. The zero-order valence-corrected chi connectivity index (χ0v) is 16.8. The van der Waals surface area contributed by atoms with E-state index >= 15 is 0 Å². The van der Waals surface area contributed by atoms with Crippen molar-refractivity contribution in [2.24, 2.45) is 0 Å². The van der Waals surface area contributed by atoms with Gasteiger partial charge in [0, 0.05) is 23.9 Å². The van der Waals surface area contributed by atoms with E-state index in [0.717, 1.165) is 12.8 Å². The van der Waals surface area contributed by atoms with Crippen LogP contribution in [0.1, 0.15) is 73.0 Å². The molecule has 1 atom stereocenters. The molecule has 3 rings (SSSR count). The molecule has 25 heavy (non-hydrogen) atoms. The van der Waals surface area contributed by atoms with Crippen molar-refractivity contribution >= 4 is 0 Å². The number of benzene rings is 1. The van der Waals surface area contributed by atoms with E-state index in [1.165, 1.54) is 5.56 Å². The van der Waals surface area contributed by atoms with Crippen LogP contribution in [-0.4, -0.2) is 34.1 Å². The summed E-state index contributed by atoms with van der Waals surface area (Å²) in [6, 6.07) is 10.4. The molecule has 2 saturated heterocycles. The summed E-state index contributed by atoms with van der Waals surface area (Å²) in [6.07, 6.45) is 1.57. The maximum absolute atomic E-state index is 6.48. The van der Waals surface area contributed by atoms with Crippen molar-refractivity contribution < 1.29 is 14.3 Å². The lowest BCUT2D eigenvalue weighted by Gasteiger charge is -2.57. The summed E-state index contributed by atoms with van der Waals surface area (Å²) < 4.78 is 12.6. The molecular weight excluding hydrogens is 314 g/mol. The van der Waals surface area contributed by atoms with Crippen molar-refractivity contribution in [3.05, 3.63) is 35.9 Å². The van der Waals surface area contributed by atoms with Crippen molar-refractivity contribution in [1.82, 2.24) is 5.06 Å². The third-order valence-electron chi connectivity index (χ3n) is 5.18. The Hall–Kier alpha value is -0.940. The SMILES string of the molecule is CC(ON1C(C)(C)CC2(CC1(C)C)OCC(C)(C)O2)c1ccccc1.